The monoisotopic (exact) mass is 308 g/mol. The number of nitrogens with one attached hydrogen (secondary N) is 1. The maximum atomic E-state index is 11.7. The quantitative estimate of drug-likeness (QED) is 0.922. The van der Waals surface area contributed by atoms with Gasteiger partial charge in [0, 0.05) is 30.5 Å². The van der Waals surface area contributed by atoms with Crippen molar-refractivity contribution in [2.75, 3.05) is 13.1 Å². The first-order chi connectivity index (χ1) is 10.3. The van der Waals surface area contributed by atoms with Crippen molar-refractivity contribution in [2.24, 2.45) is 5.92 Å². The third kappa shape index (κ3) is 4.53. The topological polar surface area (TPSA) is 71.3 Å². The minimum absolute atomic E-state index is 0.0492. The predicted molar refractivity (Wildman–Crippen MR) is 84.3 cm³/mol. The number of carbonyl (C=O) groups is 1. The minimum atomic E-state index is -0.112. The van der Waals surface area contributed by atoms with Gasteiger partial charge < -0.3 is 9.84 Å². The maximum Gasteiger partial charge on any atom is 0.232 e. The summed E-state index contributed by atoms with van der Waals surface area (Å²) >= 11 is 0. The van der Waals surface area contributed by atoms with Gasteiger partial charge in [-0.25, -0.2) is 0 Å². The highest BCUT2D eigenvalue weighted by Crippen LogP contribution is 2.20. The third-order valence-corrected chi connectivity index (χ3v) is 3.93. The second-order valence-electron chi connectivity index (χ2n) is 7.48. The van der Waals surface area contributed by atoms with Gasteiger partial charge >= 0.3 is 0 Å². The van der Waals surface area contributed by atoms with Crippen LogP contribution in [0.4, 0.5) is 0 Å². The summed E-state index contributed by atoms with van der Waals surface area (Å²) in [7, 11) is 0. The van der Waals surface area contributed by atoms with Gasteiger partial charge in [0.25, 0.3) is 0 Å². The van der Waals surface area contributed by atoms with Crippen molar-refractivity contribution in [3.63, 3.8) is 0 Å². The van der Waals surface area contributed by atoms with E-state index in [1.54, 1.807) is 0 Å². The molecule has 22 heavy (non-hydrogen) atoms. The predicted octanol–water partition coefficient (Wildman–Crippen LogP) is 2.10. The lowest BCUT2D eigenvalue weighted by molar-refractivity contribution is -0.125. The Kier molecular flexibility index (Phi) is 5.21. The lowest BCUT2D eigenvalue weighted by Gasteiger charge is -2.31. The third-order valence-electron chi connectivity index (χ3n) is 3.93. The van der Waals surface area contributed by atoms with Crippen molar-refractivity contribution in [3.05, 3.63) is 11.7 Å². The van der Waals surface area contributed by atoms with Crippen molar-refractivity contribution in [1.82, 2.24) is 20.4 Å². The van der Waals surface area contributed by atoms with E-state index in [1.807, 2.05) is 13.8 Å². The van der Waals surface area contributed by atoms with E-state index in [4.69, 9.17) is 4.52 Å². The molecule has 1 fully saturated rings. The lowest BCUT2D eigenvalue weighted by Crippen LogP contribution is -2.45. The van der Waals surface area contributed by atoms with Gasteiger partial charge in [-0.2, -0.15) is 4.98 Å². The van der Waals surface area contributed by atoms with E-state index in [2.05, 4.69) is 41.1 Å². The van der Waals surface area contributed by atoms with Crippen LogP contribution in [0, 0.1) is 5.92 Å². The highest BCUT2D eigenvalue weighted by molar-refractivity contribution is 5.78. The molecular formula is C16H28N4O2. The molecule has 0 spiro atoms. The van der Waals surface area contributed by atoms with Crippen LogP contribution in [0.3, 0.4) is 0 Å². The van der Waals surface area contributed by atoms with E-state index in [9.17, 15) is 4.79 Å². The second-order valence-corrected chi connectivity index (χ2v) is 7.48. The Labute approximate surface area is 132 Å². The summed E-state index contributed by atoms with van der Waals surface area (Å²) in [4.78, 5) is 18.5. The van der Waals surface area contributed by atoms with Crippen LogP contribution in [0.5, 0.6) is 0 Å². The average molecular weight is 308 g/mol. The molecule has 1 saturated heterocycles. The molecule has 1 aliphatic heterocycles. The molecule has 0 bridgehead atoms. The van der Waals surface area contributed by atoms with Crippen molar-refractivity contribution in [2.45, 2.75) is 65.5 Å². The minimum Gasteiger partial charge on any atom is -0.353 e. The smallest absolute Gasteiger partial charge is 0.232 e. The van der Waals surface area contributed by atoms with Crippen LogP contribution >= 0.6 is 0 Å². The number of likely N-dealkylation sites (tertiary alicyclic amines) is 1. The zero-order valence-corrected chi connectivity index (χ0v) is 14.3. The number of piperidine rings is 1. The lowest BCUT2D eigenvalue weighted by atomic mass is 9.97. The van der Waals surface area contributed by atoms with Crippen LogP contribution in [0.1, 0.15) is 59.2 Å². The van der Waals surface area contributed by atoms with E-state index in [1.165, 1.54) is 0 Å². The fraction of sp³-hybridized carbons (Fsp3) is 0.812. The molecule has 0 aliphatic carbocycles. The number of nitrogens with zero attached hydrogens (tertiary/aromatic N) is 3. The summed E-state index contributed by atoms with van der Waals surface area (Å²) in [5.74, 6) is 1.62. The van der Waals surface area contributed by atoms with Gasteiger partial charge in [-0.15, -0.1) is 0 Å². The van der Waals surface area contributed by atoms with Crippen LogP contribution < -0.4 is 5.32 Å². The van der Waals surface area contributed by atoms with Crippen molar-refractivity contribution in [3.8, 4) is 0 Å². The molecule has 0 radical (unpaired) electrons. The maximum absolute atomic E-state index is 11.7. The van der Waals surface area contributed by atoms with E-state index < -0.39 is 0 Å². The van der Waals surface area contributed by atoms with Crippen molar-refractivity contribution in [1.29, 1.82) is 0 Å². The van der Waals surface area contributed by atoms with Crippen molar-refractivity contribution < 1.29 is 9.32 Å². The second kappa shape index (κ2) is 6.77. The molecule has 0 unspecified atom stereocenters. The number of rotatable bonds is 4. The number of hydrogen-bond acceptors (Lipinski definition) is 5. The molecule has 1 amide bonds. The van der Waals surface area contributed by atoms with Gasteiger partial charge in [0.1, 0.15) is 0 Å². The van der Waals surface area contributed by atoms with Crippen LogP contribution in [-0.2, 0) is 16.8 Å². The number of amides is 1. The molecule has 124 valence electrons. The van der Waals surface area contributed by atoms with Gasteiger partial charge in [-0.1, -0.05) is 39.8 Å². The normalized spacial score (nSPS) is 17.9. The molecule has 1 N–H and O–H groups in total. The highest BCUT2D eigenvalue weighted by atomic mass is 16.5. The Morgan fingerprint density at radius 3 is 2.50 bits per heavy atom. The summed E-state index contributed by atoms with van der Waals surface area (Å²) in [6.45, 7) is 12.6. The van der Waals surface area contributed by atoms with E-state index in [0.29, 0.717) is 18.5 Å². The van der Waals surface area contributed by atoms with Gasteiger partial charge in [-0.3, -0.25) is 9.69 Å². The van der Waals surface area contributed by atoms with Crippen LogP contribution in [0.15, 0.2) is 4.52 Å². The van der Waals surface area contributed by atoms with Crippen LogP contribution in [0.25, 0.3) is 0 Å². The molecule has 0 saturated carbocycles. The molecule has 1 aromatic rings. The van der Waals surface area contributed by atoms with Gasteiger partial charge in [0.05, 0.1) is 6.54 Å². The van der Waals surface area contributed by atoms with E-state index >= 15 is 0 Å². The first-order valence-corrected chi connectivity index (χ1v) is 8.11. The van der Waals surface area contributed by atoms with Gasteiger partial charge in [0.15, 0.2) is 5.82 Å². The first-order valence-electron chi connectivity index (χ1n) is 8.11. The molecule has 6 nitrogen and oxygen atoms in total. The molecule has 1 aromatic heterocycles. The summed E-state index contributed by atoms with van der Waals surface area (Å²) < 4.78 is 5.33. The molecule has 0 atom stereocenters. The zero-order valence-electron chi connectivity index (χ0n) is 14.3. The number of carbonyl (C=O) groups excluding carboxylic acids is 1. The summed E-state index contributed by atoms with van der Waals surface area (Å²) in [5.41, 5.74) is -0.112. The van der Waals surface area contributed by atoms with Gasteiger partial charge in [0.2, 0.25) is 11.8 Å². The summed E-state index contributed by atoms with van der Waals surface area (Å²) in [6, 6.07) is 0.293. The first kappa shape index (κ1) is 16.9. The number of aromatic nitrogens is 2. The Hall–Kier alpha value is -1.43. The zero-order chi connectivity index (χ0) is 16.3. The highest BCUT2D eigenvalue weighted by Gasteiger charge is 2.25. The largest absolute Gasteiger partial charge is 0.353 e. The number of hydrogen-bond donors (Lipinski definition) is 1. The summed E-state index contributed by atoms with van der Waals surface area (Å²) in [6.07, 6.45) is 1.95. The Morgan fingerprint density at radius 1 is 1.36 bits per heavy atom. The van der Waals surface area contributed by atoms with Crippen LogP contribution in [0.2, 0.25) is 0 Å². The van der Waals surface area contributed by atoms with E-state index in [0.717, 1.165) is 31.8 Å². The molecule has 0 aromatic carbocycles. The molecule has 1 aliphatic rings. The Morgan fingerprint density at radius 2 is 2.00 bits per heavy atom. The standard InChI is InChI=1S/C16H28N4O2/c1-11(2)14(21)17-12-6-8-20(9-7-12)10-13-18-15(22-19-13)16(3,4)5/h11-12H,6-10H2,1-5H3,(H,17,21). The Bertz CT molecular complexity index is 496. The molecule has 6 heteroatoms. The van der Waals surface area contributed by atoms with Crippen molar-refractivity contribution >= 4 is 5.91 Å². The van der Waals surface area contributed by atoms with E-state index in [-0.39, 0.29) is 17.2 Å². The molecular weight excluding hydrogens is 280 g/mol. The molecule has 2 heterocycles. The molecule has 2 rings (SSSR count). The average Bonchev–Trinajstić information content (AvgIpc) is 2.89. The van der Waals surface area contributed by atoms with Crippen LogP contribution in [-0.4, -0.2) is 40.1 Å². The van der Waals surface area contributed by atoms with Gasteiger partial charge in [-0.05, 0) is 12.8 Å². The fourth-order valence-corrected chi connectivity index (χ4v) is 2.43. The Balaban J connectivity index is 1.80. The fourth-order valence-electron chi connectivity index (χ4n) is 2.43. The summed E-state index contributed by atoms with van der Waals surface area (Å²) in [5, 5.41) is 7.18. The SMILES string of the molecule is CC(C)C(=O)NC1CCN(Cc2noc(C(C)(C)C)n2)CC1.